The molecule has 0 saturated heterocycles. The van der Waals surface area contributed by atoms with Gasteiger partial charge in [0.05, 0.1) is 7.11 Å². The van der Waals surface area contributed by atoms with Crippen LogP contribution in [0.5, 0.6) is 5.75 Å². The van der Waals surface area contributed by atoms with E-state index in [1.54, 1.807) is 55.6 Å². The number of rotatable bonds is 6. The Labute approximate surface area is 159 Å². The van der Waals surface area contributed by atoms with E-state index in [-0.39, 0.29) is 6.61 Å². The third-order valence-electron chi connectivity index (χ3n) is 4.47. The normalized spacial score (nSPS) is 11.1. The highest BCUT2D eigenvalue weighted by Crippen LogP contribution is 2.32. The summed E-state index contributed by atoms with van der Waals surface area (Å²) in [7, 11) is 1.57. The first kappa shape index (κ1) is 18.7. The summed E-state index contributed by atoms with van der Waals surface area (Å²) in [5, 5.41) is 11.4. The fourth-order valence-electron chi connectivity index (χ4n) is 3.03. The van der Waals surface area contributed by atoms with E-state index in [1.807, 2.05) is 37.3 Å². The summed E-state index contributed by atoms with van der Waals surface area (Å²) in [5.74, 6) is -0.0974. The predicted octanol–water partition coefficient (Wildman–Crippen LogP) is 3.98. The van der Waals surface area contributed by atoms with Gasteiger partial charge >= 0.3 is 5.97 Å². The van der Waals surface area contributed by atoms with E-state index in [4.69, 9.17) is 9.47 Å². The number of esters is 1. The molecule has 0 bridgehead atoms. The van der Waals surface area contributed by atoms with E-state index in [0.29, 0.717) is 16.9 Å². The lowest BCUT2D eigenvalue weighted by Crippen LogP contribution is -2.38. The first-order valence-corrected chi connectivity index (χ1v) is 8.70. The molecular weight excluding hydrogens is 340 g/mol. The van der Waals surface area contributed by atoms with E-state index in [1.165, 1.54) is 0 Å². The Kier molecular flexibility index (Phi) is 5.57. The number of ether oxygens (including phenoxy) is 2. The molecule has 3 aromatic carbocycles. The van der Waals surface area contributed by atoms with Gasteiger partial charge in [-0.1, -0.05) is 72.3 Å². The van der Waals surface area contributed by atoms with Crippen LogP contribution in [0.2, 0.25) is 0 Å². The molecule has 0 heterocycles. The van der Waals surface area contributed by atoms with Gasteiger partial charge in [0, 0.05) is 5.56 Å². The van der Waals surface area contributed by atoms with Crippen LogP contribution < -0.4 is 4.74 Å². The van der Waals surface area contributed by atoms with E-state index in [2.05, 4.69) is 0 Å². The van der Waals surface area contributed by atoms with Crippen molar-refractivity contribution >= 4 is 5.97 Å². The molecule has 0 saturated carbocycles. The lowest BCUT2D eigenvalue weighted by Gasteiger charge is -2.27. The zero-order valence-electron chi connectivity index (χ0n) is 15.4. The summed E-state index contributed by atoms with van der Waals surface area (Å²) in [6.07, 6.45) is 0. The highest BCUT2D eigenvalue weighted by molar-refractivity contribution is 5.85. The second-order valence-corrected chi connectivity index (χ2v) is 6.33. The van der Waals surface area contributed by atoms with Gasteiger partial charge in [-0.2, -0.15) is 0 Å². The van der Waals surface area contributed by atoms with Crippen LogP contribution in [0.25, 0.3) is 0 Å². The Morgan fingerprint density at radius 1 is 0.926 bits per heavy atom. The van der Waals surface area contributed by atoms with Crippen LogP contribution in [-0.2, 0) is 21.7 Å². The summed E-state index contributed by atoms with van der Waals surface area (Å²) < 4.78 is 10.9. The maximum atomic E-state index is 13.0. The molecule has 3 rings (SSSR count). The molecule has 0 atom stereocenters. The summed E-state index contributed by atoms with van der Waals surface area (Å²) >= 11 is 0. The van der Waals surface area contributed by atoms with Gasteiger partial charge in [0.2, 0.25) is 5.60 Å². The van der Waals surface area contributed by atoms with E-state index < -0.39 is 11.6 Å². The molecule has 0 aliphatic heterocycles. The highest BCUT2D eigenvalue weighted by atomic mass is 16.6. The van der Waals surface area contributed by atoms with Crippen molar-refractivity contribution < 1.29 is 19.4 Å². The zero-order valence-corrected chi connectivity index (χ0v) is 15.4. The van der Waals surface area contributed by atoms with Crippen LogP contribution in [-0.4, -0.2) is 18.2 Å². The van der Waals surface area contributed by atoms with Crippen molar-refractivity contribution in [2.75, 3.05) is 7.11 Å². The first-order valence-electron chi connectivity index (χ1n) is 8.70. The SMILES string of the molecule is COc1ccc(C)cc1COC(=O)C(O)(c1ccccc1)c1ccccc1. The van der Waals surface area contributed by atoms with Crippen LogP contribution in [0.4, 0.5) is 0 Å². The lowest BCUT2D eigenvalue weighted by molar-refractivity contribution is -0.163. The zero-order chi connectivity index (χ0) is 19.3. The second kappa shape index (κ2) is 8.06. The molecule has 4 heteroatoms. The molecule has 0 aromatic heterocycles. The second-order valence-electron chi connectivity index (χ2n) is 6.33. The molecule has 3 aromatic rings. The summed E-state index contributed by atoms with van der Waals surface area (Å²) in [6.45, 7) is 1.96. The van der Waals surface area contributed by atoms with Gasteiger partial charge in [-0.15, -0.1) is 0 Å². The van der Waals surface area contributed by atoms with Crippen molar-refractivity contribution in [1.82, 2.24) is 0 Å². The Balaban J connectivity index is 1.92. The fourth-order valence-corrected chi connectivity index (χ4v) is 3.03. The van der Waals surface area contributed by atoms with Crippen LogP contribution in [0.3, 0.4) is 0 Å². The molecule has 0 fully saturated rings. The van der Waals surface area contributed by atoms with Crippen molar-refractivity contribution in [2.45, 2.75) is 19.1 Å². The van der Waals surface area contributed by atoms with Crippen molar-refractivity contribution in [3.63, 3.8) is 0 Å². The maximum absolute atomic E-state index is 13.0. The lowest BCUT2D eigenvalue weighted by atomic mass is 9.86. The number of hydrogen-bond acceptors (Lipinski definition) is 4. The predicted molar refractivity (Wildman–Crippen MR) is 103 cm³/mol. The summed E-state index contributed by atoms with van der Waals surface area (Å²) in [5.41, 5.74) is 0.798. The molecule has 4 nitrogen and oxygen atoms in total. The Morgan fingerprint density at radius 3 is 2.00 bits per heavy atom. The van der Waals surface area contributed by atoms with E-state index in [0.717, 1.165) is 11.1 Å². The number of aliphatic hydroxyl groups is 1. The van der Waals surface area contributed by atoms with Gasteiger partial charge in [0.25, 0.3) is 0 Å². The number of methoxy groups -OCH3 is 1. The molecule has 0 amide bonds. The van der Waals surface area contributed by atoms with Crippen molar-refractivity contribution in [3.8, 4) is 5.75 Å². The van der Waals surface area contributed by atoms with Gasteiger partial charge in [0.1, 0.15) is 12.4 Å². The standard InChI is InChI=1S/C23H22O4/c1-17-13-14-21(26-2)18(15-17)16-27-22(24)23(25,19-9-5-3-6-10-19)20-11-7-4-8-12-20/h3-15,25H,16H2,1-2H3. The first-order chi connectivity index (χ1) is 13.1. The van der Waals surface area contributed by atoms with Crippen LogP contribution >= 0.6 is 0 Å². The summed E-state index contributed by atoms with van der Waals surface area (Å²) in [4.78, 5) is 13.0. The smallest absolute Gasteiger partial charge is 0.348 e. The average Bonchev–Trinajstić information content (AvgIpc) is 2.72. The van der Waals surface area contributed by atoms with Gasteiger partial charge in [0.15, 0.2) is 0 Å². The van der Waals surface area contributed by atoms with Crippen molar-refractivity contribution in [1.29, 1.82) is 0 Å². The van der Waals surface area contributed by atoms with Crippen LogP contribution in [0.15, 0.2) is 78.9 Å². The Hall–Kier alpha value is -3.11. The molecule has 0 unspecified atom stereocenters. The number of hydrogen-bond donors (Lipinski definition) is 1. The summed E-state index contributed by atoms with van der Waals surface area (Å²) in [6, 6.07) is 23.3. The number of aryl methyl sites for hydroxylation is 1. The quantitative estimate of drug-likeness (QED) is 0.674. The van der Waals surface area contributed by atoms with Gasteiger partial charge in [-0.05, 0) is 30.2 Å². The number of carbonyl (C=O) groups excluding carboxylic acids is 1. The Bertz CT molecular complexity index is 865. The van der Waals surface area contributed by atoms with Gasteiger partial charge in [-0.25, -0.2) is 4.79 Å². The molecule has 0 aliphatic carbocycles. The third kappa shape index (κ3) is 3.86. The van der Waals surface area contributed by atoms with Crippen molar-refractivity contribution in [3.05, 3.63) is 101 Å². The molecule has 0 aliphatic rings. The molecule has 0 spiro atoms. The van der Waals surface area contributed by atoms with Crippen LogP contribution in [0.1, 0.15) is 22.3 Å². The highest BCUT2D eigenvalue weighted by Gasteiger charge is 2.41. The maximum Gasteiger partial charge on any atom is 0.348 e. The molecular formula is C23H22O4. The number of benzene rings is 3. The molecule has 0 radical (unpaired) electrons. The molecule has 138 valence electrons. The average molecular weight is 362 g/mol. The Morgan fingerprint density at radius 2 is 1.48 bits per heavy atom. The van der Waals surface area contributed by atoms with Gasteiger partial charge in [-0.3, -0.25) is 0 Å². The minimum absolute atomic E-state index is 0.00562. The van der Waals surface area contributed by atoms with E-state index in [9.17, 15) is 9.90 Å². The minimum atomic E-state index is -1.89. The third-order valence-corrected chi connectivity index (χ3v) is 4.47. The number of carbonyl (C=O) groups is 1. The largest absolute Gasteiger partial charge is 0.496 e. The topological polar surface area (TPSA) is 55.8 Å². The monoisotopic (exact) mass is 362 g/mol. The fraction of sp³-hybridized carbons (Fsp3) is 0.174. The molecule has 1 N–H and O–H groups in total. The van der Waals surface area contributed by atoms with Gasteiger partial charge < -0.3 is 14.6 Å². The molecule has 27 heavy (non-hydrogen) atoms. The van der Waals surface area contributed by atoms with Crippen LogP contribution in [0, 0.1) is 6.92 Å². The van der Waals surface area contributed by atoms with Crippen molar-refractivity contribution in [2.24, 2.45) is 0 Å². The van der Waals surface area contributed by atoms with E-state index >= 15 is 0 Å². The minimum Gasteiger partial charge on any atom is -0.496 e.